The van der Waals surface area contributed by atoms with Crippen molar-refractivity contribution in [2.45, 2.75) is 6.17 Å². The Bertz CT molecular complexity index is 3070. The second-order valence-electron chi connectivity index (χ2n) is 12.9. The lowest BCUT2D eigenvalue weighted by molar-refractivity contribution is 0.667. The summed E-state index contributed by atoms with van der Waals surface area (Å²) < 4.78 is 15.3. The topological polar surface area (TPSA) is 63.0 Å². The summed E-state index contributed by atoms with van der Waals surface area (Å²) in [5, 5.41) is 10.5. The molecule has 51 heavy (non-hydrogen) atoms. The number of fused-ring (bicyclic) bond motifs is 9. The van der Waals surface area contributed by atoms with Gasteiger partial charge in [0, 0.05) is 52.8 Å². The summed E-state index contributed by atoms with van der Waals surface area (Å²) in [6, 6.07) is 52.6. The molecule has 1 N–H and O–H groups in total. The summed E-state index contributed by atoms with van der Waals surface area (Å²) in [5.74, 6) is 1.37. The summed E-state index contributed by atoms with van der Waals surface area (Å²) in [5.41, 5.74) is 8.47. The highest BCUT2D eigenvalue weighted by Crippen LogP contribution is 2.44. The fourth-order valence-corrected chi connectivity index (χ4v) is 8.79. The van der Waals surface area contributed by atoms with Crippen molar-refractivity contribution in [3.05, 3.63) is 168 Å². The maximum atomic E-state index is 6.49. The average Bonchev–Trinajstić information content (AvgIpc) is 3.88. The van der Waals surface area contributed by atoms with Gasteiger partial charge < -0.3 is 14.2 Å². The van der Waals surface area contributed by atoms with Crippen LogP contribution in [0.5, 0.6) is 0 Å². The van der Waals surface area contributed by atoms with E-state index in [-0.39, 0.29) is 6.17 Å². The zero-order valence-corrected chi connectivity index (χ0v) is 27.9. The van der Waals surface area contributed by atoms with Crippen LogP contribution in [-0.4, -0.2) is 11.7 Å². The Labute approximate surface area is 295 Å². The van der Waals surface area contributed by atoms with E-state index in [1.807, 2.05) is 47.7 Å². The van der Waals surface area contributed by atoms with Crippen LogP contribution in [0.3, 0.4) is 0 Å². The van der Waals surface area contributed by atoms with E-state index in [2.05, 4.69) is 121 Å². The highest BCUT2D eigenvalue weighted by Gasteiger charge is 2.27. The number of aliphatic imine (C=N–C) groups is 2. The zero-order valence-electron chi connectivity index (χ0n) is 27.1. The van der Waals surface area contributed by atoms with Gasteiger partial charge >= 0.3 is 0 Å². The number of furan rings is 2. The van der Waals surface area contributed by atoms with Gasteiger partial charge in [-0.15, -0.1) is 11.3 Å². The van der Waals surface area contributed by atoms with Gasteiger partial charge in [0.15, 0.2) is 5.84 Å². The highest BCUT2D eigenvalue weighted by molar-refractivity contribution is 7.25. The monoisotopic (exact) mass is 673 g/mol. The highest BCUT2D eigenvalue weighted by atomic mass is 32.1. The van der Waals surface area contributed by atoms with Crippen molar-refractivity contribution < 1.29 is 8.83 Å². The number of hydrogen-bond donors (Lipinski definition) is 1. The SMILES string of the molecule is c1ccc(C2N=C(c3ccc4c(c3)oc3ccccc34)N=C(c3c(-c4cccc5sc6ccccc6c45)ccc4oc5ccccc5c34)N2)cc1. The molecule has 1 aliphatic rings. The van der Waals surface area contributed by atoms with Gasteiger partial charge in [0.05, 0.1) is 0 Å². The number of rotatable bonds is 4. The summed E-state index contributed by atoms with van der Waals surface area (Å²) in [6.07, 6.45) is -0.376. The molecule has 0 fully saturated rings. The van der Waals surface area contributed by atoms with Gasteiger partial charge in [-0.25, -0.2) is 9.98 Å². The molecule has 5 nitrogen and oxygen atoms in total. The Morgan fingerprint density at radius 1 is 0.510 bits per heavy atom. The molecule has 0 radical (unpaired) electrons. The third-order valence-corrected chi connectivity index (χ3v) is 11.1. The molecule has 1 atom stereocenters. The number of thiophene rings is 1. The molecule has 10 aromatic rings. The standard InChI is InChI=1S/C45H27N3O2S/c1-2-11-26(12-3-1)43-46-44(27-21-22-29-28-13-4-7-17-34(28)50-37(29)25-27)48-45(47-43)42-31(23-24-36-41(42)32-14-5-8-18-35(32)49-36)30-16-10-20-39-40(30)33-15-6-9-19-38(33)51-39/h1-25,43H,(H,46,47,48). The largest absolute Gasteiger partial charge is 0.456 e. The average molecular weight is 674 g/mol. The van der Waals surface area contributed by atoms with Crippen LogP contribution in [0.1, 0.15) is 22.9 Å². The summed E-state index contributed by atoms with van der Waals surface area (Å²) >= 11 is 1.82. The quantitative estimate of drug-likeness (QED) is 0.202. The molecule has 0 saturated carbocycles. The molecule has 0 aliphatic carbocycles. The minimum absolute atomic E-state index is 0.376. The van der Waals surface area contributed by atoms with Crippen molar-refractivity contribution in [3.8, 4) is 11.1 Å². The zero-order chi connectivity index (χ0) is 33.5. The van der Waals surface area contributed by atoms with E-state index < -0.39 is 0 Å². The molecule has 0 saturated heterocycles. The molecule has 0 bridgehead atoms. The maximum absolute atomic E-state index is 6.49. The second-order valence-corrected chi connectivity index (χ2v) is 14.0. The van der Waals surface area contributed by atoms with E-state index in [0.29, 0.717) is 5.84 Å². The predicted octanol–water partition coefficient (Wildman–Crippen LogP) is 12.0. The van der Waals surface area contributed by atoms with E-state index >= 15 is 0 Å². The van der Waals surface area contributed by atoms with Crippen LogP contribution in [0.4, 0.5) is 0 Å². The van der Waals surface area contributed by atoms with Crippen molar-refractivity contribution in [2.24, 2.45) is 9.98 Å². The maximum Gasteiger partial charge on any atom is 0.159 e. The number of para-hydroxylation sites is 2. The molecule has 6 heteroatoms. The van der Waals surface area contributed by atoms with Gasteiger partial charge in [0.1, 0.15) is 34.3 Å². The fraction of sp³-hybridized carbons (Fsp3) is 0.0222. The molecule has 1 unspecified atom stereocenters. The first-order valence-electron chi connectivity index (χ1n) is 17.0. The molecule has 240 valence electrons. The van der Waals surface area contributed by atoms with Gasteiger partial charge in [0.25, 0.3) is 0 Å². The number of amidine groups is 2. The van der Waals surface area contributed by atoms with E-state index in [9.17, 15) is 0 Å². The van der Waals surface area contributed by atoms with Gasteiger partial charge in [-0.05, 0) is 65.2 Å². The minimum Gasteiger partial charge on any atom is -0.456 e. The first-order chi connectivity index (χ1) is 25.3. The van der Waals surface area contributed by atoms with Crippen LogP contribution < -0.4 is 5.32 Å². The van der Waals surface area contributed by atoms with Crippen molar-refractivity contribution in [3.63, 3.8) is 0 Å². The smallest absolute Gasteiger partial charge is 0.159 e. The molecule has 0 amide bonds. The number of nitrogens with one attached hydrogen (secondary N) is 1. The minimum atomic E-state index is -0.376. The number of benzene rings is 7. The van der Waals surface area contributed by atoms with Crippen LogP contribution >= 0.6 is 11.3 Å². The Morgan fingerprint density at radius 2 is 1.22 bits per heavy atom. The van der Waals surface area contributed by atoms with E-state index in [1.54, 1.807) is 0 Å². The lowest BCUT2D eigenvalue weighted by atomic mass is 9.91. The van der Waals surface area contributed by atoms with Crippen molar-refractivity contribution in [2.75, 3.05) is 0 Å². The van der Waals surface area contributed by atoms with Crippen LogP contribution in [0.2, 0.25) is 0 Å². The molecule has 1 aliphatic heterocycles. The first-order valence-corrected chi connectivity index (χ1v) is 17.8. The predicted molar refractivity (Wildman–Crippen MR) is 211 cm³/mol. The van der Waals surface area contributed by atoms with Gasteiger partial charge in [0.2, 0.25) is 0 Å². The third kappa shape index (κ3) is 4.40. The van der Waals surface area contributed by atoms with Gasteiger partial charge in [-0.1, -0.05) is 103 Å². The molecule has 4 heterocycles. The fourth-order valence-electron chi connectivity index (χ4n) is 7.66. The molecule has 0 spiro atoms. The normalized spacial score (nSPS) is 14.9. The van der Waals surface area contributed by atoms with Gasteiger partial charge in [-0.3, -0.25) is 0 Å². The van der Waals surface area contributed by atoms with Crippen molar-refractivity contribution in [1.29, 1.82) is 0 Å². The Morgan fingerprint density at radius 3 is 2.10 bits per heavy atom. The summed E-state index contributed by atoms with van der Waals surface area (Å²) in [7, 11) is 0. The summed E-state index contributed by atoms with van der Waals surface area (Å²) in [6.45, 7) is 0. The molecular formula is C45H27N3O2S. The first kappa shape index (κ1) is 28.3. The molecule has 3 aromatic heterocycles. The molecular weight excluding hydrogens is 647 g/mol. The van der Waals surface area contributed by atoms with Crippen LogP contribution in [0.15, 0.2) is 170 Å². The number of nitrogens with zero attached hydrogens (tertiary/aromatic N) is 2. The van der Waals surface area contributed by atoms with E-state index in [1.165, 1.54) is 20.2 Å². The van der Waals surface area contributed by atoms with Crippen LogP contribution in [0, 0.1) is 0 Å². The van der Waals surface area contributed by atoms with Gasteiger partial charge in [-0.2, -0.15) is 0 Å². The Kier molecular flexibility index (Phi) is 6.12. The second kappa shape index (κ2) is 11.0. The molecule has 7 aromatic carbocycles. The lowest BCUT2D eigenvalue weighted by Gasteiger charge is -2.25. The van der Waals surface area contributed by atoms with Crippen molar-refractivity contribution >= 4 is 87.1 Å². The Hall–Kier alpha value is -6.50. The molecule has 11 rings (SSSR count). The van der Waals surface area contributed by atoms with Crippen LogP contribution in [0.25, 0.3) is 75.2 Å². The summed E-state index contributed by atoms with van der Waals surface area (Å²) in [4.78, 5) is 10.6. The van der Waals surface area contributed by atoms with E-state index in [0.717, 1.165) is 77.5 Å². The Balaban J connectivity index is 1.20. The lowest BCUT2D eigenvalue weighted by Crippen LogP contribution is -2.34. The van der Waals surface area contributed by atoms with Crippen molar-refractivity contribution in [1.82, 2.24) is 5.32 Å². The number of hydrogen-bond acceptors (Lipinski definition) is 6. The van der Waals surface area contributed by atoms with E-state index in [4.69, 9.17) is 18.8 Å². The third-order valence-electron chi connectivity index (χ3n) is 9.97. The van der Waals surface area contributed by atoms with Crippen LogP contribution in [-0.2, 0) is 0 Å².